The lowest BCUT2D eigenvalue weighted by Gasteiger charge is -2.43. The van der Waals surface area contributed by atoms with Crippen molar-refractivity contribution < 1.29 is 4.79 Å². The Bertz CT molecular complexity index is 330. The Labute approximate surface area is 116 Å². The first-order valence-electron chi connectivity index (χ1n) is 7.77. The molecule has 1 saturated heterocycles. The molecule has 0 aromatic rings. The molecule has 0 aromatic heterocycles. The van der Waals surface area contributed by atoms with Gasteiger partial charge >= 0.3 is 0 Å². The molecule has 4 nitrogen and oxygen atoms in total. The summed E-state index contributed by atoms with van der Waals surface area (Å²) >= 11 is 0. The maximum atomic E-state index is 11.4. The molecule has 1 aliphatic carbocycles. The highest BCUT2D eigenvalue weighted by atomic mass is 16.1. The van der Waals surface area contributed by atoms with Crippen molar-refractivity contribution in [3.05, 3.63) is 0 Å². The molecular weight excluding hydrogens is 238 g/mol. The molecule has 0 spiro atoms. The van der Waals surface area contributed by atoms with E-state index in [0.29, 0.717) is 11.5 Å². The van der Waals surface area contributed by atoms with Crippen molar-refractivity contribution in [1.82, 2.24) is 4.90 Å². The van der Waals surface area contributed by atoms with Crippen LogP contribution in [0.3, 0.4) is 0 Å². The van der Waals surface area contributed by atoms with Crippen LogP contribution in [0.25, 0.3) is 0 Å². The Balaban J connectivity index is 1.91. The Hall–Kier alpha value is -0.610. The SMILES string of the molecule is CCC1(CC)CCN(C2CCC(N)(C(N)=O)C2)CC1. The van der Waals surface area contributed by atoms with Crippen molar-refractivity contribution in [1.29, 1.82) is 0 Å². The summed E-state index contributed by atoms with van der Waals surface area (Å²) < 4.78 is 0. The number of nitrogens with zero attached hydrogens (tertiary/aromatic N) is 1. The molecule has 2 aliphatic rings. The third-order valence-electron chi connectivity index (χ3n) is 5.89. The largest absolute Gasteiger partial charge is 0.368 e. The van der Waals surface area contributed by atoms with Crippen LogP contribution in [-0.2, 0) is 4.79 Å². The summed E-state index contributed by atoms with van der Waals surface area (Å²) in [5, 5.41) is 0. The lowest BCUT2D eigenvalue weighted by atomic mass is 9.74. The second-order valence-corrected chi connectivity index (χ2v) is 6.66. The fourth-order valence-electron chi connectivity index (χ4n) is 3.90. The normalized spacial score (nSPS) is 35.4. The van der Waals surface area contributed by atoms with Gasteiger partial charge in [-0.2, -0.15) is 0 Å². The first-order chi connectivity index (χ1) is 8.95. The lowest BCUT2D eigenvalue weighted by Crippen LogP contribution is -2.52. The minimum Gasteiger partial charge on any atom is -0.368 e. The lowest BCUT2D eigenvalue weighted by molar-refractivity contribution is -0.123. The molecule has 0 radical (unpaired) electrons. The van der Waals surface area contributed by atoms with Gasteiger partial charge in [-0.3, -0.25) is 4.79 Å². The van der Waals surface area contributed by atoms with Crippen molar-refractivity contribution in [3.8, 4) is 0 Å². The van der Waals surface area contributed by atoms with E-state index in [0.717, 1.165) is 32.4 Å². The predicted octanol–water partition coefficient (Wildman–Crippen LogP) is 1.62. The van der Waals surface area contributed by atoms with Crippen LogP contribution >= 0.6 is 0 Å². The molecule has 1 amide bonds. The number of likely N-dealkylation sites (tertiary alicyclic amines) is 1. The van der Waals surface area contributed by atoms with Crippen LogP contribution in [0.2, 0.25) is 0 Å². The highest BCUT2D eigenvalue weighted by Crippen LogP contribution is 2.40. The standard InChI is InChI=1S/C15H29N3O/c1-3-14(4-2)7-9-18(10-8-14)12-5-6-15(17,11-12)13(16)19/h12H,3-11,17H2,1-2H3,(H2,16,19). The molecule has 1 aliphatic heterocycles. The van der Waals surface area contributed by atoms with Gasteiger partial charge in [0.05, 0.1) is 5.54 Å². The number of primary amides is 1. The number of hydrogen-bond acceptors (Lipinski definition) is 3. The zero-order valence-corrected chi connectivity index (χ0v) is 12.5. The second kappa shape index (κ2) is 5.41. The van der Waals surface area contributed by atoms with Gasteiger partial charge in [0, 0.05) is 6.04 Å². The minimum absolute atomic E-state index is 0.330. The highest BCUT2D eigenvalue weighted by molar-refractivity contribution is 5.84. The molecule has 2 rings (SSSR count). The summed E-state index contributed by atoms with van der Waals surface area (Å²) in [6, 6.07) is 0.462. The van der Waals surface area contributed by atoms with Gasteiger partial charge in [0.2, 0.25) is 5.91 Å². The first-order valence-corrected chi connectivity index (χ1v) is 7.77. The zero-order valence-electron chi connectivity index (χ0n) is 12.5. The van der Waals surface area contributed by atoms with Gasteiger partial charge < -0.3 is 16.4 Å². The molecule has 2 atom stereocenters. The summed E-state index contributed by atoms with van der Waals surface area (Å²) in [6.45, 7) is 6.93. The van der Waals surface area contributed by atoms with E-state index in [-0.39, 0.29) is 5.91 Å². The van der Waals surface area contributed by atoms with Gasteiger partial charge in [0.15, 0.2) is 0 Å². The molecule has 4 heteroatoms. The molecular formula is C15H29N3O. The molecule has 4 N–H and O–H groups in total. The summed E-state index contributed by atoms with van der Waals surface area (Å²) in [6.07, 6.45) is 7.64. The van der Waals surface area contributed by atoms with E-state index in [2.05, 4.69) is 18.7 Å². The van der Waals surface area contributed by atoms with E-state index in [1.54, 1.807) is 0 Å². The Morgan fingerprint density at radius 3 is 2.21 bits per heavy atom. The summed E-state index contributed by atoms with van der Waals surface area (Å²) in [5.74, 6) is -0.330. The van der Waals surface area contributed by atoms with Gasteiger partial charge in [-0.05, 0) is 50.6 Å². The van der Waals surface area contributed by atoms with Gasteiger partial charge in [-0.15, -0.1) is 0 Å². The molecule has 0 bridgehead atoms. The highest BCUT2D eigenvalue weighted by Gasteiger charge is 2.44. The average molecular weight is 267 g/mol. The number of amides is 1. The molecule has 110 valence electrons. The van der Waals surface area contributed by atoms with Crippen LogP contribution in [0.5, 0.6) is 0 Å². The van der Waals surface area contributed by atoms with Gasteiger partial charge in [0.25, 0.3) is 0 Å². The van der Waals surface area contributed by atoms with Crippen LogP contribution in [0.4, 0.5) is 0 Å². The van der Waals surface area contributed by atoms with E-state index in [1.807, 2.05) is 0 Å². The first kappa shape index (κ1) is 14.8. The molecule has 2 fully saturated rings. The van der Waals surface area contributed by atoms with Crippen molar-refractivity contribution in [3.63, 3.8) is 0 Å². The zero-order chi connectivity index (χ0) is 14.1. The molecule has 1 saturated carbocycles. The van der Waals surface area contributed by atoms with Crippen molar-refractivity contribution in [2.24, 2.45) is 16.9 Å². The number of piperidine rings is 1. The third-order valence-corrected chi connectivity index (χ3v) is 5.89. The number of hydrogen-bond donors (Lipinski definition) is 2. The number of carbonyl (C=O) groups excluding carboxylic acids is 1. The van der Waals surface area contributed by atoms with E-state index >= 15 is 0 Å². The Morgan fingerprint density at radius 1 is 1.21 bits per heavy atom. The fourth-order valence-corrected chi connectivity index (χ4v) is 3.90. The summed E-state index contributed by atoms with van der Waals surface area (Å²) in [7, 11) is 0. The van der Waals surface area contributed by atoms with Crippen LogP contribution < -0.4 is 11.5 Å². The van der Waals surface area contributed by atoms with Gasteiger partial charge in [-0.25, -0.2) is 0 Å². The van der Waals surface area contributed by atoms with E-state index in [4.69, 9.17) is 11.5 Å². The van der Waals surface area contributed by atoms with Crippen LogP contribution in [0, 0.1) is 5.41 Å². The molecule has 0 aromatic carbocycles. The van der Waals surface area contributed by atoms with Crippen LogP contribution in [0.15, 0.2) is 0 Å². The Morgan fingerprint density at radius 2 is 1.79 bits per heavy atom. The number of carbonyl (C=O) groups is 1. The van der Waals surface area contributed by atoms with Gasteiger partial charge in [-0.1, -0.05) is 26.7 Å². The number of nitrogens with two attached hydrogens (primary N) is 2. The monoisotopic (exact) mass is 267 g/mol. The van der Waals surface area contributed by atoms with E-state index in [9.17, 15) is 4.79 Å². The average Bonchev–Trinajstić information content (AvgIpc) is 2.83. The predicted molar refractivity (Wildman–Crippen MR) is 77.6 cm³/mol. The van der Waals surface area contributed by atoms with E-state index in [1.165, 1.54) is 25.7 Å². The van der Waals surface area contributed by atoms with Crippen LogP contribution in [0.1, 0.15) is 58.8 Å². The minimum atomic E-state index is -0.755. The maximum Gasteiger partial charge on any atom is 0.237 e. The smallest absolute Gasteiger partial charge is 0.237 e. The van der Waals surface area contributed by atoms with Crippen molar-refractivity contribution in [2.45, 2.75) is 70.4 Å². The van der Waals surface area contributed by atoms with Crippen molar-refractivity contribution in [2.75, 3.05) is 13.1 Å². The quantitative estimate of drug-likeness (QED) is 0.813. The third kappa shape index (κ3) is 2.79. The van der Waals surface area contributed by atoms with Gasteiger partial charge in [0.1, 0.15) is 0 Å². The number of rotatable bonds is 4. The topological polar surface area (TPSA) is 72.3 Å². The maximum absolute atomic E-state index is 11.4. The summed E-state index contributed by atoms with van der Waals surface area (Å²) in [4.78, 5) is 14.0. The van der Waals surface area contributed by atoms with Crippen LogP contribution in [-0.4, -0.2) is 35.5 Å². The molecule has 2 unspecified atom stereocenters. The Kier molecular flexibility index (Phi) is 4.21. The summed E-state index contributed by atoms with van der Waals surface area (Å²) in [5.41, 5.74) is 11.3. The fraction of sp³-hybridized carbons (Fsp3) is 0.933. The van der Waals surface area contributed by atoms with Crippen molar-refractivity contribution >= 4 is 5.91 Å². The second-order valence-electron chi connectivity index (χ2n) is 6.66. The molecule has 19 heavy (non-hydrogen) atoms. The molecule has 1 heterocycles. The van der Waals surface area contributed by atoms with E-state index < -0.39 is 5.54 Å².